The molecule has 4 nitrogen and oxygen atoms in total. The topological polar surface area (TPSA) is 80.4 Å². The molecule has 0 saturated carbocycles. The van der Waals surface area contributed by atoms with E-state index in [1.165, 1.54) is 12.1 Å². The second-order valence-electron chi connectivity index (χ2n) is 2.96. The molecule has 0 aliphatic rings. The Morgan fingerprint density at radius 1 is 1.43 bits per heavy atom. The molecule has 0 spiro atoms. The van der Waals surface area contributed by atoms with Crippen LogP contribution < -0.4 is 5.73 Å². The Kier molecular flexibility index (Phi) is 2.99. The minimum atomic E-state index is -0.991. The summed E-state index contributed by atoms with van der Waals surface area (Å²) in [5.41, 5.74) is 6.41. The number of hydrogen-bond acceptors (Lipinski definition) is 3. The van der Waals surface area contributed by atoms with Crippen molar-refractivity contribution < 1.29 is 14.7 Å². The first-order valence-corrected chi connectivity index (χ1v) is 4.13. The van der Waals surface area contributed by atoms with E-state index in [2.05, 4.69) is 0 Å². The van der Waals surface area contributed by atoms with Crippen LogP contribution in [-0.4, -0.2) is 23.4 Å². The predicted octanol–water partition coefficient (Wildman–Crippen LogP) is 0.835. The number of rotatable bonds is 3. The molecule has 0 saturated heterocycles. The molecule has 1 rings (SSSR count). The first kappa shape index (κ1) is 10.4. The van der Waals surface area contributed by atoms with Gasteiger partial charge in [-0.25, -0.2) is 4.79 Å². The van der Waals surface area contributed by atoms with E-state index in [0.717, 1.165) is 0 Å². The van der Waals surface area contributed by atoms with Crippen LogP contribution in [0.3, 0.4) is 0 Å². The van der Waals surface area contributed by atoms with Gasteiger partial charge in [0, 0.05) is 5.56 Å². The Hall–Kier alpha value is -1.68. The molecule has 0 heterocycles. The van der Waals surface area contributed by atoms with Crippen LogP contribution >= 0.6 is 0 Å². The van der Waals surface area contributed by atoms with Crippen molar-refractivity contribution in [2.24, 2.45) is 5.73 Å². The van der Waals surface area contributed by atoms with Gasteiger partial charge in [0.25, 0.3) is 0 Å². The van der Waals surface area contributed by atoms with E-state index in [0.29, 0.717) is 11.1 Å². The van der Waals surface area contributed by atoms with Crippen molar-refractivity contribution in [2.45, 2.75) is 6.92 Å². The summed E-state index contributed by atoms with van der Waals surface area (Å²) in [6.07, 6.45) is 0. The quantitative estimate of drug-likeness (QED) is 0.697. The van der Waals surface area contributed by atoms with Crippen molar-refractivity contribution in [1.29, 1.82) is 0 Å². The molecule has 74 valence electrons. The number of carboxylic acids is 1. The molecule has 0 radical (unpaired) electrons. The standard InChI is InChI=1S/C10H11NO3/c1-6-4-7(9(12)5-11)2-3-8(6)10(13)14/h2-4H,5,11H2,1H3,(H,13,14). The van der Waals surface area contributed by atoms with E-state index >= 15 is 0 Å². The number of hydrogen-bond donors (Lipinski definition) is 2. The van der Waals surface area contributed by atoms with Crippen molar-refractivity contribution in [3.05, 3.63) is 34.9 Å². The van der Waals surface area contributed by atoms with E-state index in [-0.39, 0.29) is 17.9 Å². The van der Waals surface area contributed by atoms with Crippen molar-refractivity contribution in [3.8, 4) is 0 Å². The average Bonchev–Trinajstić information content (AvgIpc) is 2.15. The molecule has 1 aromatic carbocycles. The maximum atomic E-state index is 11.2. The summed E-state index contributed by atoms with van der Waals surface area (Å²) in [6.45, 7) is 1.59. The van der Waals surface area contributed by atoms with Crippen LogP contribution in [0.5, 0.6) is 0 Å². The minimum absolute atomic E-state index is 0.0636. The zero-order valence-corrected chi connectivity index (χ0v) is 7.78. The van der Waals surface area contributed by atoms with Gasteiger partial charge in [-0.15, -0.1) is 0 Å². The Morgan fingerprint density at radius 2 is 2.07 bits per heavy atom. The number of aryl methyl sites for hydroxylation is 1. The van der Waals surface area contributed by atoms with E-state index in [4.69, 9.17) is 10.8 Å². The zero-order chi connectivity index (χ0) is 10.7. The van der Waals surface area contributed by atoms with Crippen LogP contribution in [0.2, 0.25) is 0 Å². The lowest BCUT2D eigenvalue weighted by molar-refractivity contribution is 0.0695. The number of Topliss-reactive ketones (excluding diaryl/α,β-unsaturated/α-hetero) is 1. The SMILES string of the molecule is Cc1cc(C(=O)CN)ccc1C(=O)O. The zero-order valence-electron chi connectivity index (χ0n) is 7.78. The summed E-state index contributed by atoms with van der Waals surface area (Å²) in [5, 5.41) is 8.74. The van der Waals surface area contributed by atoms with Gasteiger partial charge in [-0.3, -0.25) is 4.79 Å². The molecule has 0 atom stereocenters. The second-order valence-corrected chi connectivity index (χ2v) is 2.96. The molecule has 0 unspecified atom stereocenters. The Morgan fingerprint density at radius 3 is 2.50 bits per heavy atom. The molecule has 0 fully saturated rings. The van der Waals surface area contributed by atoms with Gasteiger partial charge in [0.05, 0.1) is 12.1 Å². The maximum Gasteiger partial charge on any atom is 0.335 e. The van der Waals surface area contributed by atoms with E-state index in [1.54, 1.807) is 13.0 Å². The number of carbonyl (C=O) groups excluding carboxylic acids is 1. The van der Waals surface area contributed by atoms with E-state index in [1.807, 2.05) is 0 Å². The van der Waals surface area contributed by atoms with Gasteiger partial charge in [0.15, 0.2) is 5.78 Å². The molecule has 0 aliphatic heterocycles. The molecular formula is C10H11NO3. The van der Waals surface area contributed by atoms with Crippen molar-refractivity contribution >= 4 is 11.8 Å². The Bertz CT molecular complexity index is 385. The number of aromatic carboxylic acids is 1. The largest absolute Gasteiger partial charge is 0.478 e. The fourth-order valence-corrected chi connectivity index (χ4v) is 1.19. The van der Waals surface area contributed by atoms with Crippen LogP contribution in [0.25, 0.3) is 0 Å². The van der Waals surface area contributed by atoms with Crippen LogP contribution in [-0.2, 0) is 0 Å². The van der Waals surface area contributed by atoms with Crippen molar-refractivity contribution in [2.75, 3.05) is 6.54 Å². The summed E-state index contributed by atoms with van der Waals surface area (Å²) in [5.74, 6) is -1.18. The van der Waals surface area contributed by atoms with Gasteiger partial charge in [-0.2, -0.15) is 0 Å². The third-order valence-corrected chi connectivity index (χ3v) is 1.96. The Balaban J connectivity index is 3.12. The second kappa shape index (κ2) is 4.02. The highest BCUT2D eigenvalue weighted by Gasteiger charge is 2.09. The smallest absolute Gasteiger partial charge is 0.335 e. The third kappa shape index (κ3) is 1.97. The predicted molar refractivity (Wildman–Crippen MR) is 51.5 cm³/mol. The molecule has 1 aromatic rings. The highest BCUT2D eigenvalue weighted by molar-refractivity contribution is 5.99. The van der Waals surface area contributed by atoms with E-state index < -0.39 is 5.97 Å². The van der Waals surface area contributed by atoms with Gasteiger partial charge in [0.2, 0.25) is 0 Å². The number of carboxylic acid groups (broad SMARTS) is 1. The molecular weight excluding hydrogens is 182 g/mol. The van der Waals surface area contributed by atoms with E-state index in [9.17, 15) is 9.59 Å². The summed E-state index contributed by atoms with van der Waals surface area (Å²) >= 11 is 0. The fourth-order valence-electron chi connectivity index (χ4n) is 1.19. The number of nitrogens with two attached hydrogens (primary N) is 1. The minimum Gasteiger partial charge on any atom is -0.478 e. The maximum absolute atomic E-state index is 11.2. The first-order chi connectivity index (χ1) is 6.56. The van der Waals surface area contributed by atoms with Gasteiger partial charge >= 0.3 is 5.97 Å². The molecule has 0 bridgehead atoms. The van der Waals surface area contributed by atoms with Crippen molar-refractivity contribution in [3.63, 3.8) is 0 Å². The molecule has 4 heteroatoms. The lowest BCUT2D eigenvalue weighted by atomic mass is 10.0. The number of ketones is 1. The fraction of sp³-hybridized carbons (Fsp3) is 0.200. The summed E-state index contributed by atoms with van der Waals surface area (Å²) in [6, 6.07) is 4.44. The van der Waals surface area contributed by atoms with Crippen molar-refractivity contribution in [1.82, 2.24) is 0 Å². The summed E-state index contributed by atoms with van der Waals surface area (Å²) < 4.78 is 0. The lowest BCUT2D eigenvalue weighted by Gasteiger charge is -2.03. The summed E-state index contributed by atoms with van der Waals surface area (Å²) in [7, 11) is 0. The average molecular weight is 193 g/mol. The highest BCUT2D eigenvalue weighted by Crippen LogP contribution is 2.11. The monoisotopic (exact) mass is 193 g/mol. The highest BCUT2D eigenvalue weighted by atomic mass is 16.4. The van der Waals surface area contributed by atoms with Gasteiger partial charge < -0.3 is 10.8 Å². The number of carbonyl (C=O) groups is 2. The van der Waals surface area contributed by atoms with Gasteiger partial charge in [-0.05, 0) is 24.6 Å². The normalized spacial score (nSPS) is 9.86. The molecule has 3 N–H and O–H groups in total. The third-order valence-electron chi connectivity index (χ3n) is 1.96. The first-order valence-electron chi connectivity index (χ1n) is 4.13. The molecule has 0 amide bonds. The molecule has 0 aliphatic carbocycles. The van der Waals surface area contributed by atoms with Crippen LogP contribution in [0.1, 0.15) is 26.3 Å². The number of benzene rings is 1. The van der Waals surface area contributed by atoms with Gasteiger partial charge in [0.1, 0.15) is 0 Å². The molecule has 0 aromatic heterocycles. The lowest BCUT2D eigenvalue weighted by Crippen LogP contribution is -2.14. The Labute approximate surface area is 81.3 Å². The van der Waals surface area contributed by atoms with Gasteiger partial charge in [-0.1, -0.05) is 6.07 Å². The van der Waals surface area contributed by atoms with Crippen LogP contribution in [0, 0.1) is 6.92 Å². The van der Waals surface area contributed by atoms with Crippen LogP contribution in [0.15, 0.2) is 18.2 Å². The summed E-state index contributed by atoms with van der Waals surface area (Å²) in [4.78, 5) is 21.8. The van der Waals surface area contributed by atoms with Crippen LogP contribution in [0.4, 0.5) is 0 Å². The molecule has 14 heavy (non-hydrogen) atoms.